The number of hydrogen-bond donors (Lipinski definition) is 1. The normalized spacial score (nSPS) is 21.5. The van der Waals surface area contributed by atoms with E-state index in [4.69, 9.17) is 0 Å². The molecule has 3 rings (SSSR count). The van der Waals surface area contributed by atoms with Gasteiger partial charge < -0.3 is 10.2 Å². The van der Waals surface area contributed by atoms with Crippen LogP contribution in [0.1, 0.15) is 43.6 Å². The largest absolute Gasteiger partial charge is 0.351 e. The summed E-state index contributed by atoms with van der Waals surface area (Å²) >= 11 is 2.19. The topological polar surface area (TPSA) is 53.4 Å². The first-order valence-corrected chi connectivity index (χ1v) is 9.57. The predicted octanol–water partition coefficient (Wildman–Crippen LogP) is 2.61. The summed E-state index contributed by atoms with van der Waals surface area (Å²) in [4.78, 5) is 15.6. The minimum absolute atomic E-state index is 0.458. The standard InChI is InChI=1S/C17H27N5S/c1-14-19-9-6-15(21-14)12-20-16(18-2)22-10-11-23-17(13-22)7-4-3-5-8-17/h6,9H,3-5,7-8,10-13H2,1-2H3,(H,18,20). The highest BCUT2D eigenvalue weighted by atomic mass is 32.2. The molecule has 1 aliphatic heterocycles. The Kier molecular flexibility index (Phi) is 5.41. The van der Waals surface area contributed by atoms with E-state index in [-0.39, 0.29) is 0 Å². The van der Waals surface area contributed by atoms with Crippen molar-refractivity contribution in [1.82, 2.24) is 20.2 Å². The van der Waals surface area contributed by atoms with Gasteiger partial charge in [0.15, 0.2) is 5.96 Å². The summed E-state index contributed by atoms with van der Waals surface area (Å²) in [7, 11) is 1.88. The van der Waals surface area contributed by atoms with Crippen molar-refractivity contribution in [3.05, 3.63) is 23.8 Å². The fraction of sp³-hybridized carbons (Fsp3) is 0.706. The molecule has 1 aromatic heterocycles. The van der Waals surface area contributed by atoms with Crippen LogP contribution in [0, 0.1) is 6.92 Å². The maximum Gasteiger partial charge on any atom is 0.194 e. The Bertz CT molecular complexity index is 548. The van der Waals surface area contributed by atoms with Gasteiger partial charge in [0.2, 0.25) is 0 Å². The van der Waals surface area contributed by atoms with Crippen LogP contribution in [0.5, 0.6) is 0 Å². The van der Waals surface area contributed by atoms with E-state index >= 15 is 0 Å². The molecule has 0 atom stereocenters. The molecule has 1 N–H and O–H groups in total. The van der Waals surface area contributed by atoms with Crippen LogP contribution in [0.25, 0.3) is 0 Å². The third-order valence-corrected chi connectivity index (χ3v) is 6.32. The zero-order chi connectivity index (χ0) is 16.1. The smallest absolute Gasteiger partial charge is 0.194 e. The van der Waals surface area contributed by atoms with Gasteiger partial charge in [0, 0.05) is 36.8 Å². The molecule has 0 amide bonds. The first-order valence-electron chi connectivity index (χ1n) is 8.59. The number of hydrogen-bond acceptors (Lipinski definition) is 4. The zero-order valence-electron chi connectivity index (χ0n) is 14.2. The Morgan fingerprint density at radius 3 is 2.96 bits per heavy atom. The minimum Gasteiger partial charge on any atom is -0.351 e. The van der Waals surface area contributed by atoms with Crippen molar-refractivity contribution in [2.24, 2.45) is 4.99 Å². The van der Waals surface area contributed by atoms with Gasteiger partial charge in [0.25, 0.3) is 0 Å². The molecule has 1 saturated heterocycles. The second kappa shape index (κ2) is 7.51. The van der Waals surface area contributed by atoms with Gasteiger partial charge in [-0.25, -0.2) is 9.97 Å². The lowest BCUT2D eigenvalue weighted by molar-refractivity contribution is 0.293. The van der Waals surface area contributed by atoms with Crippen LogP contribution in [0.4, 0.5) is 0 Å². The van der Waals surface area contributed by atoms with Gasteiger partial charge in [-0.3, -0.25) is 4.99 Å². The summed E-state index contributed by atoms with van der Waals surface area (Å²) in [5, 5.41) is 3.48. The van der Waals surface area contributed by atoms with Gasteiger partial charge in [-0.15, -0.1) is 0 Å². The molecule has 23 heavy (non-hydrogen) atoms. The van der Waals surface area contributed by atoms with E-state index in [1.165, 1.54) is 37.9 Å². The number of aliphatic imine (C=N–C) groups is 1. The second-order valence-corrected chi connectivity index (χ2v) is 8.07. The molecule has 0 bridgehead atoms. The lowest BCUT2D eigenvalue weighted by Crippen LogP contribution is -2.53. The van der Waals surface area contributed by atoms with Crippen molar-refractivity contribution in [1.29, 1.82) is 0 Å². The molecular formula is C17H27N5S. The van der Waals surface area contributed by atoms with Crippen LogP contribution < -0.4 is 5.32 Å². The number of nitrogens with one attached hydrogen (secondary N) is 1. The summed E-state index contributed by atoms with van der Waals surface area (Å²) in [5.41, 5.74) is 1.01. The first-order chi connectivity index (χ1) is 11.2. The zero-order valence-corrected chi connectivity index (χ0v) is 15.0. The van der Waals surface area contributed by atoms with Crippen LogP contribution >= 0.6 is 11.8 Å². The minimum atomic E-state index is 0.458. The summed E-state index contributed by atoms with van der Waals surface area (Å²) in [6, 6.07) is 1.96. The molecule has 0 unspecified atom stereocenters. The van der Waals surface area contributed by atoms with E-state index in [1.807, 2.05) is 26.2 Å². The molecule has 1 aromatic rings. The number of aromatic nitrogens is 2. The second-order valence-electron chi connectivity index (χ2n) is 6.51. The van der Waals surface area contributed by atoms with Crippen molar-refractivity contribution in [3.63, 3.8) is 0 Å². The molecule has 126 valence electrons. The average Bonchev–Trinajstić information content (AvgIpc) is 2.56. The van der Waals surface area contributed by atoms with Crippen molar-refractivity contribution in [2.75, 3.05) is 25.9 Å². The number of nitrogens with zero attached hydrogens (tertiary/aromatic N) is 4. The molecule has 0 aromatic carbocycles. The van der Waals surface area contributed by atoms with Crippen molar-refractivity contribution < 1.29 is 0 Å². The molecule has 0 radical (unpaired) electrons. The number of rotatable bonds is 2. The fourth-order valence-electron chi connectivity index (χ4n) is 3.63. The number of guanidine groups is 1. The molecule has 1 aliphatic carbocycles. The molecule has 2 aliphatic rings. The molecule has 2 heterocycles. The van der Waals surface area contributed by atoms with E-state index in [1.54, 1.807) is 0 Å². The molecule has 1 saturated carbocycles. The molecule has 1 spiro atoms. The highest BCUT2D eigenvalue weighted by Gasteiger charge is 2.38. The van der Waals surface area contributed by atoms with E-state index < -0.39 is 0 Å². The highest BCUT2D eigenvalue weighted by Crippen LogP contribution is 2.42. The van der Waals surface area contributed by atoms with Gasteiger partial charge in [0.1, 0.15) is 5.82 Å². The maximum absolute atomic E-state index is 4.51. The van der Waals surface area contributed by atoms with Gasteiger partial charge >= 0.3 is 0 Å². The molecule has 5 nitrogen and oxygen atoms in total. The Labute approximate surface area is 143 Å². The molecular weight excluding hydrogens is 306 g/mol. The van der Waals surface area contributed by atoms with Crippen LogP contribution in [0.2, 0.25) is 0 Å². The van der Waals surface area contributed by atoms with Crippen LogP contribution in [-0.2, 0) is 6.54 Å². The quantitative estimate of drug-likeness (QED) is 0.666. The Morgan fingerprint density at radius 2 is 2.22 bits per heavy atom. The Morgan fingerprint density at radius 1 is 1.39 bits per heavy atom. The van der Waals surface area contributed by atoms with Crippen LogP contribution in [-0.4, -0.2) is 51.5 Å². The van der Waals surface area contributed by atoms with E-state index in [0.29, 0.717) is 11.3 Å². The number of thioether (sulfide) groups is 1. The number of aryl methyl sites for hydroxylation is 1. The SMILES string of the molecule is CN=C(NCc1ccnc(C)n1)N1CCSC2(CCCCC2)C1. The third-order valence-electron chi connectivity index (χ3n) is 4.79. The van der Waals surface area contributed by atoms with Gasteiger partial charge in [-0.1, -0.05) is 19.3 Å². The first kappa shape index (κ1) is 16.6. The monoisotopic (exact) mass is 333 g/mol. The van der Waals surface area contributed by atoms with Crippen LogP contribution in [0.15, 0.2) is 17.3 Å². The molecule has 6 heteroatoms. The van der Waals surface area contributed by atoms with E-state index in [9.17, 15) is 0 Å². The van der Waals surface area contributed by atoms with Crippen molar-refractivity contribution >= 4 is 17.7 Å². The summed E-state index contributed by atoms with van der Waals surface area (Å²) in [5.74, 6) is 3.02. The fourth-order valence-corrected chi connectivity index (χ4v) is 5.20. The highest BCUT2D eigenvalue weighted by molar-refractivity contribution is 8.00. The lowest BCUT2D eigenvalue weighted by Gasteiger charge is -2.45. The average molecular weight is 334 g/mol. The third kappa shape index (κ3) is 4.16. The van der Waals surface area contributed by atoms with E-state index in [0.717, 1.165) is 30.6 Å². The maximum atomic E-state index is 4.51. The van der Waals surface area contributed by atoms with Crippen molar-refractivity contribution in [2.45, 2.75) is 50.3 Å². The molecule has 2 fully saturated rings. The Balaban J connectivity index is 1.61. The van der Waals surface area contributed by atoms with Gasteiger partial charge in [-0.05, 0) is 25.8 Å². The predicted molar refractivity (Wildman–Crippen MR) is 96.8 cm³/mol. The summed E-state index contributed by atoms with van der Waals surface area (Å²) in [6.07, 6.45) is 8.70. The lowest BCUT2D eigenvalue weighted by atomic mass is 9.87. The Hall–Kier alpha value is -1.30. The van der Waals surface area contributed by atoms with E-state index in [2.05, 4.69) is 36.9 Å². The van der Waals surface area contributed by atoms with Crippen LogP contribution in [0.3, 0.4) is 0 Å². The summed E-state index contributed by atoms with van der Waals surface area (Å²) < 4.78 is 0.458. The van der Waals surface area contributed by atoms with Crippen molar-refractivity contribution in [3.8, 4) is 0 Å². The van der Waals surface area contributed by atoms with Gasteiger partial charge in [0.05, 0.1) is 12.2 Å². The summed E-state index contributed by atoms with van der Waals surface area (Å²) in [6.45, 7) is 4.83. The van der Waals surface area contributed by atoms with Gasteiger partial charge in [-0.2, -0.15) is 11.8 Å².